The molecule has 0 bridgehead atoms. The SMILES string of the molecule is C[C@H](C[C@H](C[C@@H](O)CC1(O)CC1)O[Si](C)(C)C(C)(C)C)CC1(OS(C)(=O)=O)CC1. The maximum atomic E-state index is 11.6. The van der Waals surface area contributed by atoms with Crippen LogP contribution in [0.3, 0.4) is 0 Å². The van der Waals surface area contributed by atoms with E-state index in [-0.39, 0.29) is 17.1 Å². The first-order chi connectivity index (χ1) is 12.9. The lowest BCUT2D eigenvalue weighted by Crippen LogP contribution is -2.45. The molecule has 0 heterocycles. The molecule has 2 saturated carbocycles. The van der Waals surface area contributed by atoms with Gasteiger partial charge in [-0.3, -0.25) is 4.18 Å². The Morgan fingerprint density at radius 3 is 2.03 bits per heavy atom. The largest absolute Gasteiger partial charge is 0.414 e. The van der Waals surface area contributed by atoms with Crippen LogP contribution in [0.2, 0.25) is 18.1 Å². The van der Waals surface area contributed by atoms with Crippen LogP contribution in [-0.2, 0) is 18.7 Å². The van der Waals surface area contributed by atoms with E-state index in [0.717, 1.165) is 38.4 Å². The second-order valence-corrected chi connectivity index (χ2v) is 17.7. The van der Waals surface area contributed by atoms with Gasteiger partial charge in [0.2, 0.25) is 0 Å². The summed E-state index contributed by atoms with van der Waals surface area (Å²) in [6, 6.07) is 0. The van der Waals surface area contributed by atoms with Crippen molar-refractivity contribution in [3.05, 3.63) is 0 Å². The molecule has 0 radical (unpaired) electrons. The summed E-state index contributed by atoms with van der Waals surface area (Å²) in [5, 5.41) is 20.8. The highest BCUT2D eigenvalue weighted by Crippen LogP contribution is 2.47. The van der Waals surface area contributed by atoms with Crippen LogP contribution in [0.15, 0.2) is 0 Å². The van der Waals surface area contributed by atoms with Gasteiger partial charge in [0, 0.05) is 12.5 Å². The van der Waals surface area contributed by atoms with Crippen molar-refractivity contribution in [1.29, 1.82) is 0 Å². The van der Waals surface area contributed by atoms with Crippen molar-refractivity contribution in [2.24, 2.45) is 5.92 Å². The second-order valence-electron chi connectivity index (χ2n) is 11.3. The van der Waals surface area contributed by atoms with Gasteiger partial charge >= 0.3 is 0 Å². The number of aliphatic hydroxyl groups is 2. The Bertz CT molecular complexity index is 661. The molecule has 2 rings (SSSR count). The topological polar surface area (TPSA) is 93.1 Å². The molecule has 0 aliphatic heterocycles. The third-order valence-electron chi connectivity index (χ3n) is 6.77. The predicted molar refractivity (Wildman–Crippen MR) is 118 cm³/mol. The molecule has 2 aliphatic rings. The molecular formula is C21H42O6SSi. The monoisotopic (exact) mass is 450 g/mol. The van der Waals surface area contributed by atoms with Gasteiger partial charge in [0.05, 0.1) is 23.6 Å². The average molecular weight is 451 g/mol. The van der Waals surface area contributed by atoms with Crippen LogP contribution in [0.5, 0.6) is 0 Å². The molecule has 0 amide bonds. The van der Waals surface area contributed by atoms with E-state index in [1.165, 1.54) is 0 Å². The standard InChI is InChI=1S/C21H42O6SSi/c1-16(14-21(10-11-21)27-28(5,24)25)12-18(26-29(6,7)19(2,3)4)13-17(22)15-20(23)8-9-20/h16-18,22-23H,8-15H2,1-7H3/t16-,17-,18-/m1/s1. The summed E-state index contributed by atoms with van der Waals surface area (Å²) < 4.78 is 35.2. The third-order valence-corrected chi connectivity index (χ3v) is 12.0. The lowest BCUT2D eigenvalue weighted by molar-refractivity contribution is 0.0255. The average Bonchev–Trinajstić information content (AvgIpc) is 3.35. The van der Waals surface area contributed by atoms with E-state index >= 15 is 0 Å². The Labute approximate surface area is 178 Å². The number of hydrogen-bond donors (Lipinski definition) is 2. The summed E-state index contributed by atoms with van der Waals surface area (Å²) in [6.07, 6.45) is 5.80. The molecule has 0 aromatic carbocycles. The summed E-state index contributed by atoms with van der Waals surface area (Å²) in [6.45, 7) is 13.1. The van der Waals surface area contributed by atoms with Crippen molar-refractivity contribution in [3.8, 4) is 0 Å². The minimum atomic E-state index is -3.47. The molecular weight excluding hydrogens is 408 g/mol. The quantitative estimate of drug-likeness (QED) is 0.345. The predicted octanol–water partition coefficient (Wildman–Crippen LogP) is 3.97. The zero-order chi connectivity index (χ0) is 22.3. The Hall–Kier alpha value is 0.00688. The van der Waals surface area contributed by atoms with Gasteiger partial charge in [-0.15, -0.1) is 0 Å². The van der Waals surface area contributed by atoms with E-state index in [1.807, 2.05) is 0 Å². The Morgan fingerprint density at radius 2 is 1.62 bits per heavy atom. The lowest BCUT2D eigenvalue weighted by Gasteiger charge is -2.40. The number of aliphatic hydroxyl groups excluding tert-OH is 1. The molecule has 29 heavy (non-hydrogen) atoms. The Morgan fingerprint density at radius 1 is 1.07 bits per heavy atom. The summed E-state index contributed by atoms with van der Waals surface area (Å²) in [5.74, 6) is 0.213. The highest BCUT2D eigenvalue weighted by Gasteiger charge is 2.48. The normalized spacial score (nSPS) is 24.0. The van der Waals surface area contributed by atoms with E-state index in [0.29, 0.717) is 19.3 Å². The zero-order valence-corrected chi connectivity index (χ0v) is 21.1. The molecule has 172 valence electrons. The first kappa shape index (κ1) is 25.3. The fourth-order valence-electron chi connectivity index (χ4n) is 3.91. The van der Waals surface area contributed by atoms with Crippen LogP contribution in [0, 0.1) is 5.92 Å². The van der Waals surface area contributed by atoms with Crippen LogP contribution < -0.4 is 0 Å². The van der Waals surface area contributed by atoms with E-state index < -0.39 is 35.7 Å². The van der Waals surface area contributed by atoms with E-state index in [2.05, 4.69) is 40.8 Å². The third kappa shape index (κ3) is 8.22. The number of rotatable bonds is 12. The molecule has 2 N–H and O–H groups in total. The molecule has 8 heteroatoms. The fourth-order valence-corrected chi connectivity index (χ4v) is 6.17. The minimum absolute atomic E-state index is 0.0608. The fraction of sp³-hybridized carbons (Fsp3) is 1.00. The van der Waals surface area contributed by atoms with Crippen molar-refractivity contribution < 1.29 is 27.2 Å². The van der Waals surface area contributed by atoms with Gasteiger partial charge in [-0.05, 0) is 69.0 Å². The first-order valence-corrected chi connectivity index (χ1v) is 15.7. The molecule has 0 spiro atoms. The summed E-state index contributed by atoms with van der Waals surface area (Å²) in [4.78, 5) is 0. The molecule has 0 saturated heterocycles. The molecule has 3 atom stereocenters. The highest BCUT2D eigenvalue weighted by molar-refractivity contribution is 7.86. The van der Waals surface area contributed by atoms with Crippen LogP contribution in [0.1, 0.15) is 79.1 Å². The van der Waals surface area contributed by atoms with Gasteiger partial charge in [-0.25, -0.2) is 0 Å². The first-order valence-electron chi connectivity index (χ1n) is 10.9. The Balaban J connectivity index is 2.01. The van der Waals surface area contributed by atoms with Crippen molar-refractivity contribution >= 4 is 18.4 Å². The minimum Gasteiger partial charge on any atom is -0.414 e. The van der Waals surface area contributed by atoms with E-state index in [9.17, 15) is 18.6 Å². The molecule has 0 aromatic heterocycles. The highest BCUT2D eigenvalue weighted by atomic mass is 32.2. The molecule has 2 fully saturated rings. The molecule has 0 unspecified atom stereocenters. The van der Waals surface area contributed by atoms with E-state index in [4.69, 9.17) is 8.61 Å². The summed E-state index contributed by atoms with van der Waals surface area (Å²) in [7, 11) is -5.49. The zero-order valence-electron chi connectivity index (χ0n) is 19.3. The van der Waals surface area contributed by atoms with Gasteiger partial charge < -0.3 is 14.6 Å². The van der Waals surface area contributed by atoms with Gasteiger partial charge in [-0.1, -0.05) is 27.7 Å². The Kier molecular flexibility index (Phi) is 7.41. The van der Waals surface area contributed by atoms with Gasteiger partial charge in [-0.2, -0.15) is 8.42 Å². The van der Waals surface area contributed by atoms with Crippen molar-refractivity contribution in [1.82, 2.24) is 0 Å². The summed E-state index contributed by atoms with van der Waals surface area (Å²) in [5.41, 5.74) is -1.23. The smallest absolute Gasteiger partial charge is 0.264 e. The number of hydrogen-bond acceptors (Lipinski definition) is 6. The lowest BCUT2D eigenvalue weighted by atomic mass is 9.92. The van der Waals surface area contributed by atoms with Gasteiger partial charge in [0.15, 0.2) is 8.32 Å². The molecule has 6 nitrogen and oxygen atoms in total. The van der Waals surface area contributed by atoms with Gasteiger partial charge in [0.25, 0.3) is 10.1 Å². The van der Waals surface area contributed by atoms with Crippen LogP contribution in [0.25, 0.3) is 0 Å². The van der Waals surface area contributed by atoms with E-state index in [1.54, 1.807) is 0 Å². The summed E-state index contributed by atoms with van der Waals surface area (Å²) >= 11 is 0. The van der Waals surface area contributed by atoms with Crippen LogP contribution in [0.4, 0.5) is 0 Å². The van der Waals surface area contributed by atoms with Gasteiger partial charge in [0.1, 0.15) is 0 Å². The molecule has 0 aromatic rings. The maximum Gasteiger partial charge on any atom is 0.264 e. The van der Waals surface area contributed by atoms with Crippen LogP contribution >= 0.6 is 0 Å². The second kappa shape index (κ2) is 8.51. The maximum absolute atomic E-state index is 11.6. The van der Waals surface area contributed by atoms with Crippen molar-refractivity contribution in [2.75, 3.05) is 6.26 Å². The van der Waals surface area contributed by atoms with Crippen LogP contribution in [-0.4, -0.2) is 56.6 Å². The molecule has 2 aliphatic carbocycles. The van der Waals surface area contributed by atoms with Crippen molar-refractivity contribution in [3.63, 3.8) is 0 Å². The van der Waals surface area contributed by atoms with Crippen molar-refractivity contribution in [2.45, 2.75) is 121 Å².